The Bertz CT molecular complexity index is 1060. The van der Waals surface area contributed by atoms with Gasteiger partial charge in [0.25, 0.3) is 11.2 Å². The minimum Gasteiger partial charge on any atom is -0.489 e. The number of aryl methyl sites for hydroxylation is 1. The molecule has 1 heterocycles. The summed E-state index contributed by atoms with van der Waals surface area (Å²) in [6, 6.07) is 4.48. The van der Waals surface area contributed by atoms with Crippen LogP contribution in [0, 0.1) is 10.1 Å². The average Bonchev–Trinajstić information content (AvgIpc) is 2.75. The molecule has 0 radical (unpaired) electrons. The Morgan fingerprint density at radius 1 is 1.12 bits per heavy atom. The number of unbranched alkanes of at least 4 members (excludes halogenated alkanes) is 1. The summed E-state index contributed by atoms with van der Waals surface area (Å²) in [6.07, 6.45) is 7.83. The lowest BCUT2D eigenvalue weighted by Gasteiger charge is -2.17. The van der Waals surface area contributed by atoms with Crippen LogP contribution in [0.25, 0.3) is 10.9 Å². The molecule has 32 heavy (non-hydrogen) atoms. The summed E-state index contributed by atoms with van der Waals surface area (Å²) >= 11 is 0. The number of pyridine rings is 1. The van der Waals surface area contributed by atoms with Gasteiger partial charge in [-0.2, -0.15) is 0 Å². The molecule has 0 amide bonds. The monoisotopic (exact) mass is 442 g/mol. The van der Waals surface area contributed by atoms with E-state index >= 15 is 0 Å². The van der Waals surface area contributed by atoms with Crippen molar-refractivity contribution in [1.29, 1.82) is 0 Å². The molecule has 1 aromatic carbocycles. The van der Waals surface area contributed by atoms with E-state index in [1.165, 1.54) is 27.8 Å². The highest BCUT2D eigenvalue weighted by molar-refractivity contribution is 5.89. The Kier molecular flexibility index (Phi) is 9.50. The highest BCUT2D eigenvalue weighted by Gasteiger charge is 2.21. The zero-order valence-electron chi connectivity index (χ0n) is 19.8. The van der Waals surface area contributed by atoms with E-state index in [9.17, 15) is 14.9 Å². The lowest BCUT2D eigenvalue weighted by atomic mass is 10.1. The third kappa shape index (κ3) is 6.45. The molecule has 0 aliphatic heterocycles. The predicted octanol–water partition coefficient (Wildman–Crippen LogP) is 6.18. The largest absolute Gasteiger partial charge is 0.489 e. The molecule has 0 aliphatic carbocycles. The Balaban J connectivity index is 2.45. The molecule has 0 bridgehead atoms. The van der Waals surface area contributed by atoms with Crippen molar-refractivity contribution >= 4 is 16.6 Å². The second kappa shape index (κ2) is 12.1. The standard InChI is InChI=1S/C25H34N2O5/c1-6-8-15-31-23-21-13-12-20(27(29)30)17-22(21)26(7-2)25(28)24(23)32-16-14-19(5)11-9-10-18(3)4/h10,12-14,17H,6-9,11,15-16H2,1-5H3/b19-14+. The normalized spacial score (nSPS) is 11.5. The van der Waals surface area contributed by atoms with E-state index in [0.29, 0.717) is 29.8 Å². The van der Waals surface area contributed by atoms with Gasteiger partial charge in [-0.1, -0.05) is 30.6 Å². The lowest BCUT2D eigenvalue weighted by molar-refractivity contribution is -0.384. The number of aromatic nitrogens is 1. The molecule has 0 atom stereocenters. The van der Waals surface area contributed by atoms with E-state index in [1.54, 1.807) is 6.07 Å². The molecule has 7 nitrogen and oxygen atoms in total. The molecule has 0 saturated carbocycles. The summed E-state index contributed by atoms with van der Waals surface area (Å²) in [7, 11) is 0. The first kappa shape index (κ1) is 25.2. The first-order valence-corrected chi connectivity index (χ1v) is 11.2. The van der Waals surface area contributed by atoms with Crippen molar-refractivity contribution in [2.24, 2.45) is 0 Å². The van der Waals surface area contributed by atoms with Crippen molar-refractivity contribution in [2.45, 2.75) is 66.8 Å². The van der Waals surface area contributed by atoms with Gasteiger partial charge in [0.1, 0.15) is 6.61 Å². The smallest absolute Gasteiger partial charge is 0.297 e. The maximum Gasteiger partial charge on any atom is 0.297 e. The number of fused-ring (bicyclic) bond motifs is 1. The molecule has 1 aromatic heterocycles. The van der Waals surface area contributed by atoms with Crippen LogP contribution in [0.15, 0.2) is 46.3 Å². The number of rotatable bonds is 12. The fraction of sp³-hybridized carbons (Fsp3) is 0.480. The zero-order chi connectivity index (χ0) is 23.7. The fourth-order valence-electron chi connectivity index (χ4n) is 3.36. The summed E-state index contributed by atoms with van der Waals surface area (Å²) in [5.41, 5.74) is 2.53. The Morgan fingerprint density at radius 2 is 1.88 bits per heavy atom. The number of hydrogen-bond acceptors (Lipinski definition) is 5. The molecular weight excluding hydrogens is 408 g/mol. The number of ether oxygens (including phenoxy) is 2. The van der Waals surface area contributed by atoms with Crippen molar-refractivity contribution < 1.29 is 14.4 Å². The van der Waals surface area contributed by atoms with Gasteiger partial charge >= 0.3 is 0 Å². The summed E-state index contributed by atoms with van der Waals surface area (Å²) in [5, 5.41) is 11.9. The Morgan fingerprint density at radius 3 is 2.50 bits per heavy atom. The van der Waals surface area contributed by atoms with Crippen LogP contribution in [0.2, 0.25) is 0 Å². The van der Waals surface area contributed by atoms with Crippen molar-refractivity contribution in [3.8, 4) is 11.5 Å². The molecule has 0 aliphatic rings. The first-order valence-electron chi connectivity index (χ1n) is 11.2. The summed E-state index contributed by atoms with van der Waals surface area (Å²) in [4.78, 5) is 24.0. The average molecular weight is 443 g/mol. The van der Waals surface area contributed by atoms with Gasteiger partial charge in [0.15, 0.2) is 5.75 Å². The van der Waals surface area contributed by atoms with E-state index in [1.807, 2.05) is 19.9 Å². The SMILES string of the molecule is CCCCOc1c(OC/C=C(\C)CCC=C(C)C)c(=O)n(CC)c2cc([N+](=O)[O-])ccc12. The van der Waals surface area contributed by atoms with Crippen LogP contribution in [0.4, 0.5) is 5.69 Å². The van der Waals surface area contributed by atoms with Gasteiger partial charge in [-0.15, -0.1) is 0 Å². The lowest BCUT2D eigenvalue weighted by Crippen LogP contribution is -2.23. The van der Waals surface area contributed by atoms with Crippen LogP contribution in [0.3, 0.4) is 0 Å². The van der Waals surface area contributed by atoms with E-state index in [2.05, 4.69) is 26.8 Å². The van der Waals surface area contributed by atoms with E-state index in [4.69, 9.17) is 9.47 Å². The molecule has 0 spiro atoms. The number of non-ortho nitro benzene ring substituents is 1. The molecule has 174 valence electrons. The number of nitro groups is 1. The highest BCUT2D eigenvalue weighted by Crippen LogP contribution is 2.35. The maximum absolute atomic E-state index is 13.2. The molecule has 0 N–H and O–H groups in total. The number of allylic oxidation sites excluding steroid dienone is 3. The third-order valence-electron chi connectivity index (χ3n) is 5.18. The van der Waals surface area contributed by atoms with E-state index in [-0.39, 0.29) is 23.6 Å². The van der Waals surface area contributed by atoms with Crippen LogP contribution in [-0.2, 0) is 6.54 Å². The van der Waals surface area contributed by atoms with Crippen molar-refractivity contribution in [1.82, 2.24) is 4.57 Å². The van der Waals surface area contributed by atoms with Crippen molar-refractivity contribution in [3.63, 3.8) is 0 Å². The second-order valence-corrected chi connectivity index (χ2v) is 8.05. The maximum atomic E-state index is 13.2. The highest BCUT2D eigenvalue weighted by atomic mass is 16.6. The molecule has 0 unspecified atom stereocenters. The van der Waals surface area contributed by atoms with Crippen molar-refractivity contribution in [3.05, 3.63) is 62.0 Å². The Labute approximate surface area is 189 Å². The molecule has 2 aromatic rings. The quantitative estimate of drug-likeness (QED) is 0.170. The Hall–Kier alpha value is -3.09. The molecule has 0 saturated heterocycles. The predicted molar refractivity (Wildman–Crippen MR) is 129 cm³/mol. The van der Waals surface area contributed by atoms with E-state index in [0.717, 1.165) is 25.7 Å². The second-order valence-electron chi connectivity index (χ2n) is 8.05. The first-order chi connectivity index (χ1) is 15.3. The van der Waals surface area contributed by atoms with Crippen LogP contribution in [-0.4, -0.2) is 22.7 Å². The minimum absolute atomic E-state index is 0.0674. The fourth-order valence-corrected chi connectivity index (χ4v) is 3.36. The zero-order valence-corrected chi connectivity index (χ0v) is 19.8. The molecule has 2 rings (SSSR count). The number of benzene rings is 1. The van der Waals surface area contributed by atoms with Crippen LogP contribution in [0.1, 0.15) is 60.3 Å². The molecule has 0 fully saturated rings. The van der Waals surface area contributed by atoms with Crippen molar-refractivity contribution in [2.75, 3.05) is 13.2 Å². The van der Waals surface area contributed by atoms with Gasteiger partial charge < -0.3 is 14.0 Å². The summed E-state index contributed by atoms with van der Waals surface area (Å²) in [6.45, 7) is 11.1. The summed E-state index contributed by atoms with van der Waals surface area (Å²) < 4.78 is 13.4. The van der Waals surface area contributed by atoms with Gasteiger partial charge in [-0.05, 0) is 59.1 Å². The molecular formula is C25H34N2O5. The van der Waals surface area contributed by atoms with Crippen LogP contribution < -0.4 is 15.0 Å². The van der Waals surface area contributed by atoms with Gasteiger partial charge in [-0.25, -0.2) is 0 Å². The van der Waals surface area contributed by atoms with Crippen LogP contribution >= 0.6 is 0 Å². The minimum atomic E-state index is -0.464. The van der Waals surface area contributed by atoms with Crippen LogP contribution in [0.5, 0.6) is 11.5 Å². The van der Waals surface area contributed by atoms with Gasteiger partial charge in [-0.3, -0.25) is 14.9 Å². The molecule has 7 heteroatoms. The van der Waals surface area contributed by atoms with Gasteiger partial charge in [0.2, 0.25) is 5.75 Å². The van der Waals surface area contributed by atoms with Gasteiger partial charge in [0, 0.05) is 24.1 Å². The topological polar surface area (TPSA) is 83.6 Å². The number of nitrogens with zero attached hydrogens (tertiary/aromatic N) is 2. The summed E-state index contributed by atoms with van der Waals surface area (Å²) in [5.74, 6) is 0.506. The number of hydrogen-bond donors (Lipinski definition) is 0. The van der Waals surface area contributed by atoms with E-state index < -0.39 is 4.92 Å². The van der Waals surface area contributed by atoms with Gasteiger partial charge in [0.05, 0.1) is 17.0 Å². The number of nitro benzene ring substituents is 1. The third-order valence-corrected chi connectivity index (χ3v) is 5.18.